The average molecular weight is 346 g/mol. The van der Waals surface area contributed by atoms with Crippen LogP contribution < -0.4 is 20.1 Å². The Morgan fingerprint density at radius 1 is 1.24 bits per heavy atom. The Morgan fingerprint density at radius 3 is 2.84 bits per heavy atom. The lowest BCUT2D eigenvalue weighted by molar-refractivity contribution is -0.123. The number of ether oxygens (including phenoxy) is 2. The van der Waals surface area contributed by atoms with Gasteiger partial charge in [-0.25, -0.2) is 0 Å². The van der Waals surface area contributed by atoms with Gasteiger partial charge in [0.15, 0.2) is 18.1 Å². The summed E-state index contributed by atoms with van der Waals surface area (Å²) in [5, 5.41) is 6.19. The van der Waals surface area contributed by atoms with Gasteiger partial charge >= 0.3 is 0 Å². The maximum Gasteiger partial charge on any atom is 0.257 e. The van der Waals surface area contributed by atoms with E-state index in [-0.39, 0.29) is 12.5 Å². The second kappa shape index (κ2) is 10.8. The molecule has 0 unspecified atom stereocenters. The highest BCUT2D eigenvalue weighted by Crippen LogP contribution is 2.28. The molecule has 1 aliphatic rings. The summed E-state index contributed by atoms with van der Waals surface area (Å²) in [6.45, 7) is 4.26. The molecule has 2 N–H and O–H groups in total. The van der Waals surface area contributed by atoms with Crippen molar-refractivity contribution in [3.8, 4) is 11.5 Å². The first-order valence-corrected chi connectivity index (χ1v) is 9.18. The fourth-order valence-electron chi connectivity index (χ4n) is 2.95. The van der Waals surface area contributed by atoms with Crippen LogP contribution in [0.4, 0.5) is 0 Å². The van der Waals surface area contributed by atoms with Crippen molar-refractivity contribution >= 4 is 5.91 Å². The Kier molecular flexibility index (Phi) is 8.32. The first-order chi connectivity index (χ1) is 12.2. The minimum atomic E-state index is -0.132. The van der Waals surface area contributed by atoms with Crippen LogP contribution >= 0.6 is 0 Å². The summed E-state index contributed by atoms with van der Waals surface area (Å²) in [4.78, 5) is 11.5. The molecule has 1 aromatic rings. The number of carbonyl (C=O) groups excluding carboxylic acids is 1. The molecule has 0 aliphatic heterocycles. The van der Waals surface area contributed by atoms with Crippen LogP contribution in [0.25, 0.3) is 0 Å². The summed E-state index contributed by atoms with van der Waals surface area (Å²) in [7, 11) is 1.61. The van der Waals surface area contributed by atoms with Gasteiger partial charge < -0.3 is 20.1 Å². The number of likely N-dealkylation sites (N-methyl/N-ethyl adjacent to an activating group) is 1. The molecular weight excluding hydrogens is 316 g/mol. The molecule has 0 radical (unpaired) electrons. The van der Waals surface area contributed by atoms with Crippen LogP contribution in [-0.2, 0) is 11.3 Å². The van der Waals surface area contributed by atoms with Gasteiger partial charge in [0.25, 0.3) is 5.91 Å². The predicted molar refractivity (Wildman–Crippen MR) is 100 cm³/mol. The Labute approximate surface area is 150 Å². The molecule has 0 aromatic heterocycles. The van der Waals surface area contributed by atoms with Crippen LogP contribution in [0.3, 0.4) is 0 Å². The summed E-state index contributed by atoms with van der Waals surface area (Å²) < 4.78 is 10.9. The summed E-state index contributed by atoms with van der Waals surface area (Å²) in [6, 6.07) is 5.82. The Hall–Kier alpha value is -2.01. The molecule has 0 fully saturated rings. The molecule has 0 bridgehead atoms. The Balaban J connectivity index is 1.79. The number of carbonyl (C=O) groups is 1. The van der Waals surface area contributed by atoms with Crippen LogP contribution in [0.5, 0.6) is 11.5 Å². The SMILES string of the molecule is CCNC(=O)COc1ccc(CNCCC2=CCCCC2)cc1OC. The number of allylic oxidation sites excluding steroid dienone is 1. The van der Waals surface area contributed by atoms with Crippen molar-refractivity contribution in [3.05, 3.63) is 35.4 Å². The van der Waals surface area contributed by atoms with E-state index in [1.54, 1.807) is 12.7 Å². The number of nitrogens with one attached hydrogen (secondary N) is 2. The van der Waals surface area contributed by atoms with E-state index in [1.165, 1.54) is 25.7 Å². The zero-order valence-electron chi connectivity index (χ0n) is 15.4. The molecule has 2 rings (SSSR count). The van der Waals surface area contributed by atoms with E-state index in [0.717, 1.165) is 25.1 Å². The van der Waals surface area contributed by atoms with E-state index < -0.39 is 0 Å². The van der Waals surface area contributed by atoms with Crippen LogP contribution in [0.15, 0.2) is 29.8 Å². The number of methoxy groups -OCH3 is 1. The molecule has 138 valence electrons. The Bertz CT molecular complexity index is 584. The minimum Gasteiger partial charge on any atom is -0.493 e. The van der Waals surface area contributed by atoms with Gasteiger partial charge in [-0.3, -0.25) is 4.79 Å². The number of rotatable bonds is 10. The molecule has 0 heterocycles. The third kappa shape index (κ3) is 6.78. The molecule has 0 atom stereocenters. The quantitative estimate of drug-likeness (QED) is 0.505. The molecule has 0 saturated carbocycles. The molecular formula is C20H30N2O3. The van der Waals surface area contributed by atoms with E-state index >= 15 is 0 Å². The van der Waals surface area contributed by atoms with Gasteiger partial charge in [0.2, 0.25) is 0 Å². The molecule has 5 heteroatoms. The molecule has 1 amide bonds. The Morgan fingerprint density at radius 2 is 2.12 bits per heavy atom. The zero-order chi connectivity index (χ0) is 17.9. The highest BCUT2D eigenvalue weighted by molar-refractivity contribution is 5.77. The minimum absolute atomic E-state index is 0.00307. The van der Waals surface area contributed by atoms with Crippen molar-refractivity contribution < 1.29 is 14.3 Å². The van der Waals surface area contributed by atoms with Gasteiger partial charge in [0.05, 0.1) is 7.11 Å². The summed E-state index contributed by atoms with van der Waals surface area (Å²) in [5.74, 6) is 1.11. The van der Waals surface area contributed by atoms with Crippen LogP contribution in [-0.4, -0.2) is 32.7 Å². The van der Waals surface area contributed by atoms with E-state index in [0.29, 0.717) is 18.0 Å². The van der Waals surface area contributed by atoms with Gasteiger partial charge in [-0.05, 0) is 63.3 Å². The summed E-state index contributed by atoms with van der Waals surface area (Å²) >= 11 is 0. The monoisotopic (exact) mass is 346 g/mol. The fraction of sp³-hybridized carbons (Fsp3) is 0.550. The maximum absolute atomic E-state index is 11.5. The smallest absolute Gasteiger partial charge is 0.257 e. The normalized spacial score (nSPS) is 13.9. The van der Waals surface area contributed by atoms with Crippen LogP contribution in [0.2, 0.25) is 0 Å². The lowest BCUT2D eigenvalue weighted by atomic mass is 9.97. The van der Waals surface area contributed by atoms with E-state index in [9.17, 15) is 4.79 Å². The first kappa shape index (κ1) is 19.3. The number of hydrogen-bond donors (Lipinski definition) is 2. The van der Waals surface area contributed by atoms with Crippen LogP contribution in [0.1, 0.15) is 44.6 Å². The second-order valence-corrected chi connectivity index (χ2v) is 6.26. The van der Waals surface area contributed by atoms with Crippen molar-refractivity contribution in [2.75, 3.05) is 26.8 Å². The van der Waals surface area contributed by atoms with E-state index in [2.05, 4.69) is 16.7 Å². The molecule has 1 aromatic carbocycles. The second-order valence-electron chi connectivity index (χ2n) is 6.26. The van der Waals surface area contributed by atoms with Crippen molar-refractivity contribution in [1.82, 2.24) is 10.6 Å². The third-order valence-electron chi connectivity index (χ3n) is 4.30. The van der Waals surface area contributed by atoms with Gasteiger partial charge in [-0.15, -0.1) is 0 Å². The zero-order valence-corrected chi connectivity index (χ0v) is 15.4. The van der Waals surface area contributed by atoms with Gasteiger partial charge in [-0.2, -0.15) is 0 Å². The molecule has 1 aliphatic carbocycles. The highest BCUT2D eigenvalue weighted by Gasteiger charge is 2.08. The van der Waals surface area contributed by atoms with Crippen LogP contribution in [0, 0.1) is 0 Å². The van der Waals surface area contributed by atoms with Crippen molar-refractivity contribution in [2.24, 2.45) is 0 Å². The van der Waals surface area contributed by atoms with Gasteiger partial charge in [-0.1, -0.05) is 17.7 Å². The average Bonchev–Trinajstić information content (AvgIpc) is 2.65. The lowest BCUT2D eigenvalue weighted by Gasteiger charge is -2.14. The first-order valence-electron chi connectivity index (χ1n) is 9.18. The number of hydrogen-bond acceptors (Lipinski definition) is 4. The fourth-order valence-corrected chi connectivity index (χ4v) is 2.95. The van der Waals surface area contributed by atoms with Gasteiger partial charge in [0, 0.05) is 13.1 Å². The molecule has 25 heavy (non-hydrogen) atoms. The maximum atomic E-state index is 11.5. The number of benzene rings is 1. The lowest BCUT2D eigenvalue weighted by Crippen LogP contribution is -2.28. The topological polar surface area (TPSA) is 59.6 Å². The standard InChI is InChI=1S/C20H30N2O3/c1-3-22-20(23)15-25-18-10-9-17(13-19(18)24-2)14-21-12-11-16-7-5-4-6-8-16/h7,9-10,13,21H,3-6,8,11-12,14-15H2,1-2H3,(H,22,23). The third-order valence-corrected chi connectivity index (χ3v) is 4.30. The van der Waals surface area contributed by atoms with Crippen molar-refractivity contribution in [3.63, 3.8) is 0 Å². The van der Waals surface area contributed by atoms with E-state index in [4.69, 9.17) is 9.47 Å². The van der Waals surface area contributed by atoms with Crippen molar-refractivity contribution in [1.29, 1.82) is 0 Å². The predicted octanol–water partition coefficient (Wildman–Crippen LogP) is 3.19. The van der Waals surface area contributed by atoms with Crippen molar-refractivity contribution in [2.45, 2.75) is 45.6 Å². The van der Waals surface area contributed by atoms with Gasteiger partial charge in [0.1, 0.15) is 0 Å². The summed E-state index contributed by atoms with van der Waals surface area (Å²) in [5.41, 5.74) is 2.73. The molecule has 5 nitrogen and oxygen atoms in total. The molecule has 0 spiro atoms. The number of amides is 1. The highest BCUT2D eigenvalue weighted by atomic mass is 16.5. The van der Waals surface area contributed by atoms with E-state index in [1.807, 2.05) is 25.1 Å². The molecule has 0 saturated heterocycles. The summed E-state index contributed by atoms with van der Waals surface area (Å²) in [6.07, 6.45) is 8.70. The largest absolute Gasteiger partial charge is 0.493 e.